The van der Waals surface area contributed by atoms with E-state index in [0.29, 0.717) is 0 Å². The van der Waals surface area contributed by atoms with Gasteiger partial charge in [-0.15, -0.1) is 5.10 Å². The molecule has 0 aliphatic carbocycles. The normalized spacial score (nSPS) is 17.2. The second-order valence-corrected chi connectivity index (χ2v) is 5.60. The number of tetrazole rings is 1. The van der Waals surface area contributed by atoms with Gasteiger partial charge in [0, 0.05) is 18.8 Å². The first-order chi connectivity index (χ1) is 8.90. The van der Waals surface area contributed by atoms with Crippen LogP contribution >= 0.6 is 11.8 Å². The van der Waals surface area contributed by atoms with Gasteiger partial charge in [0.05, 0.1) is 6.54 Å². The molecule has 18 heavy (non-hydrogen) atoms. The average Bonchev–Trinajstić information content (AvgIpc) is 2.85. The zero-order chi connectivity index (χ0) is 12.6. The molecule has 1 aliphatic heterocycles. The fourth-order valence-corrected chi connectivity index (χ4v) is 3.01. The number of thioether (sulfide) groups is 1. The van der Waals surface area contributed by atoms with Crippen LogP contribution in [-0.4, -0.2) is 64.1 Å². The largest absolute Gasteiger partial charge is 0.318 e. The van der Waals surface area contributed by atoms with Gasteiger partial charge in [0.15, 0.2) is 0 Å². The number of nitrogens with zero attached hydrogens (tertiary/aromatic N) is 5. The van der Waals surface area contributed by atoms with Crippen LogP contribution in [0.1, 0.15) is 19.3 Å². The van der Waals surface area contributed by atoms with Crippen LogP contribution in [0.5, 0.6) is 0 Å². The topological polar surface area (TPSA) is 58.9 Å². The number of likely N-dealkylation sites (N-methyl/N-ethyl adjacent to an activating group) is 1. The smallest absolute Gasteiger partial charge is 0.209 e. The number of nitrogens with one attached hydrogen (secondary N) is 1. The Bertz CT molecular complexity index is 336. The number of likely N-dealkylation sites (tertiary alicyclic amines) is 1. The van der Waals surface area contributed by atoms with Crippen molar-refractivity contribution >= 4 is 11.8 Å². The van der Waals surface area contributed by atoms with Crippen LogP contribution in [-0.2, 0) is 6.54 Å². The molecule has 0 unspecified atom stereocenters. The van der Waals surface area contributed by atoms with Gasteiger partial charge in [-0.2, -0.15) is 0 Å². The number of aromatic nitrogens is 4. The Morgan fingerprint density at radius 3 is 2.83 bits per heavy atom. The van der Waals surface area contributed by atoms with E-state index >= 15 is 0 Å². The number of piperidine rings is 1. The van der Waals surface area contributed by atoms with E-state index in [1.54, 1.807) is 11.8 Å². The van der Waals surface area contributed by atoms with Crippen molar-refractivity contribution in [1.82, 2.24) is 30.4 Å². The Kier molecular flexibility index (Phi) is 5.89. The maximum Gasteiger partial charge on any atom is 0.209 e. The number of hydrogen-bond acceptors (Lipinski definition) is 6. The molecule has 1 fully saturated rings. The van der Waals surface area contributed by atoms with Crippen molar-refractivity contribution in [3.05, 3.63) is 0 Å². The molecule has 7 heteroatoms. The van der Waals surface area contributed by atoms with E-state index < -0.39 is 0 Å². The lowest BCUT2D eigenvalue weighted by Crippen LogP contribution is -2.31. The molecule has 0 saturated carbocycles. The number of hydrogen-bond donors (Lipinski definition) is 1. The van der Waals surface area contributed by atoms with Gasteiger partial charge in [-0.1, -0.05) is 18.2 Å². The minimum Gasteiger partial charge on any atom is -0.318 e. The van der Waals surface area contributed by atoms with Crippen molar-refractivity contribution < 1.29 is 0 Å². The summed E-state index contributed by atoms with van der Waals surface area (Å²) in [7, 11) is 1.94. The van der Waals surface area contributed by atoms with Gasteiger partial charge < -0.3 is 10.2 Å². The Labute approximate surface area is 112 Å². The predicted molar refractivity (Wildman–Crippen MR) is 72.8 cm³/mol. The summed E-state index contributed by atoms with van der Waals surface area (Å²) < 4.78 is 1.87. The first-order valence-corrected chi connectivity index (χ1v) is 7.64. The Morgan fingerprint density at radius 1 is 1.22 bits per heavy atom. The SMILES string of the molecule is CNCCn1nnnc1SCCN1CCCCC1. The van der Waals surface area contributed by atoms with E-state index in [9.17, 15) is 0 Å². The van der Waals surface area contributed by atoms with Crippen LogP contribution in [0.25, 0.3) is 0 Å². The summed E-state index contributed by atoms with van der Waals surface area (Å²) >= 11 is 1.76. The Balaban J connectivity index is 1.70. The molecule has 1 aliphatic rings. The van der Waals surface area contributed by atoms with E-state index in [1.807, 2.05) is 11.7 Å². The monoisotopic (exact) mass is 270 g/mol. The zero-order valence-corrected chi connectivity index (χ0v) is 11.8. The molecule has 6 nitrogen and oxygen atoms in total. The van der Waals surface area contributed by atoms with Gasteiger partial charge in [-0.3, -0.25) is 0 Å². The summed E-state index contributed by atoms with van der Waals surface area (Å²) in [6.45, 7) is 5.38. The molecule has 1 N–H and O–H groups in total. The third-order valence-electron chi connectivity index (χ3n) is 3.16. The van der Waals surface area contributed by atoms with Crippen LogP contribution in [0.4, 0.5) is 0 Å². The molecular formula is C11H22N6S. The van der Waals surface area contributed by atoms with E-state index in [-0.39, 0.29) is 0 Å². The molecule has 0 amide bonds. The molecule has 1 aromatic heterocycles. The van der Waals surface area contributed by atoms with Crippen LogP contribution in [0.2, 0.25) is 0 Å². The highest BCUT2D eigenvalue weighted by molar-refractivity contribution is 7.99. The van der Waals surface area contributed by atoms with Gasteiger partial charge in [-0.25, -0.2) is 4.68 Å². The van der Waals surface area contributed by atoms with E-state index in [2.05, 4.69) is 25.7 Å². The molecule has 2 rings (SSSR count). The molecule has 0 bridgehead atoms. The van der Waals surface area contributed by atoms with Crippen LogP contribution < -0.4 is 5.32 Å². The quantitative estimate of drug-likeness (QED) is 0.727. The lowest BCUT2D eigenvalue weighted by molar-refractivity contribution is 0.242. The van der Waals surface area contributed by atoms with Crippen molar-refractivity contribution in [1.29, 1.82) is 0 Å². The first kappa shape index (κ1) is 13.8. The molecule has 102 valence electrons. The summed E-state index contributed by atoms with van der Waals surface area (Å²) in [6, 6.07) is 0. The molecule has 0 radical (unpaired) electrons. The average molecular weight is 270 g/mol. The summed E-state index contributed by atoms with van der Waals surface area (Å²) in [5.41, 5.74) is 0. The molecule has 0 spiro atoms. The molecule has 1 aromatic rings. The Morgan fingerprint density at radius 2 is 2.06 bits per heavy atom. The van der Waals surface area contributed by atoms with Gasteiger partial charge in [0.1, 0.15) is 0 Å². The van der Waals surface area contributed by atoms with Gasteiger partial charge in [0.2, 0.25) is 5.16 Å². The second-order valence-electron chi connectivity index (χ2n) is 4.54. The Hall–Kier alpha value is -0.660. The highest BCUT2D eigenvalue weighted by Crippen LogP contribution is 2.15. The lowest BCUT2D eigenvalue weighted by Gasteiger charge is -2.25. The summed E-state index contributed by atoms with van der Waals surface area (Å²) in [6.07, 6.45) is 4.10. The fraction of sp³-hybridized carbons (Fsp3) is 0.909. The molecule has 1 saturated heterocycles. The highest BCUT2D eigenvalue weighted by Gasteiger charge is 2.11. The second kappa shape index (κ2) is 7.70. The third-order valence-corrected chi connectivity index (χ3v) is 4.10. The van der Waals surface area contributed by atoms with E-state index in [4.69, 9.17) is 0 Å². The standard InChI is InChI=1S/C11H22N6S/c1-12-5-8-17-11(13-14-15-17)18-10-9-16-6-3-2-4-7-16/h12H,2-10H2,1H3. The molecule has 0 aromatic carbocycles. The first-order valence-electron chi connectivity index (χ1n) is 6.66. The van der Waals surface area contributed by atoms with Crippen molar-refractivity contribution in [2.75, 3.05) is 39.0 Å². The summed E-state index contributed by atoms with van der Waals surface area (Å²) in [5, 5.41) is 15.9. The van der Waals surface area contributed by atoms with E-state index in [0.717, 1.165) is 30.5 Å². The minimum atomic E-state index is 0.829. The van der Waals surface area contributed by atoms with Crippen molar-refractivity contribution in [2.24, 2.45) is 0 Å². The molecule has 2 heterocycles. The van der Waals surface area contributed by atoms with Crippen LogP contribution in [0.15, 0.2) is 5.16 Å². The fourth-order valence-electron chi connectivity index (χ4n) is 2.11. The molecular weight excluding hydrogens is 248 g/mol. The van der Waals surface area contributed by atoms with E-state index in [1.165, 1.54) is 32.4 Å². The summed E-state index contributed by atoms with van der Waals surface area (Å²) in [4.78, 5) is 2.54. The molecule has 0 atom stereocenters. The van der Waals surface area contributed by atoms with Gasteiger partial charge >= 0.3 is 0 Å². The lowest BCUT2D eigenvalue weighted by atomic mass is 10.1. The third kappa shape index (κ3) is 4.22. The summed E-state index contributed by atoms with van der Waals surface area (Å²) in [5.74, 6) is 1.07. The van der Waals surface area contributed by atoms with Gasteiger partial charge in [0.25, 0.3) is 0 Å². The van der Waals surface area contributed by atoms with Crippen LogP contribution in [0.3, 0.4) is 0 Å². The predicted octanol–water partition coefficient (Wildman–Crippen LogP) is 0.470. The highest BCUT2D eigenvalue weighted by atomic mass is 32.2. The maximum absolute atomic E-state index is 4.07. The van der Waals surface area contributed by atoms with Crippen LogP contribution in [0, 0.1) is 0 Å². The van der Waals surface area contributed by atoms with Crippen molar-refractivity contribution in [2.45, 2.75) is 31.0 Å². The van der Waals surface area contributed by atoms with Crippen molar-refractivity contribution in [3.63, 3.8) is 0 Å². The van der Waals surface area contributed by atoms with Crippen molar-refractivity contribution in [3.8, 4) is 0 Å². The number of rotatable bonds is 7. The minimum absolute atomic E-state index is 0.829. The zero-order valence-electron chi connectivity index (χ0n) is 11.0. The van der Waals surface area contributed by atoms with Gasteiger partial charge in [-0.05, 0) is 43.4 Å². The maximum atomic E-state index is 4.07.